The monoisotopic (exact) mass is 306 g/mol. The highest BCUT2D eigenvalue weighted by atomic mass is 35.5. The number of H-pyrrole nitrogens is 1. The molecule has 0 spiro atoms. The second-order valence-electron chi connectivity index (χ2n) is 5.68. The standard InChI is InChI=1S/C17H22N2O.ClH/c1-3-4-8-17(2,9-10-18)16(20)14-5-6-15-13(12-14)7-11-19-15;/h5-7,10-12,18-19H,3-4,8-9H2,1-2H3;1H. The minimum atomic E-state index is -0.457. The molecule has 0 fully saturated rings. The van der Waals surface area contributed by atoms with E-state index in [2.05, 4.69) is 11.9 Å². The van der Waals surface area contributed by atoms with Crippen LogP contribution in [0.1, 0.15) is 49.9 Å². The molecular weight excluding hydrogens is 284 g/mol. The maximum atomic E-state index is 12.8. The van der Waals surface area contributed by atoms with Gasteiger partial charge >= 0.3 is 0 Å². The van der Waals surface area contributed by atoms with E-state index in [0.29, 0.717) is 6.42 Å². The van der Waals surface area contributed by atoms with Gasteiger partial charge in [-0.3, -0.25) is 4.79 Å². The molecule has 0 aliphatic carbocycles. The van der Waals surface area contributed by atoms with Crippen LogP contribution in [0.2, 0.25) is 0 Å². The molecule has 3 nitrogen and oxygen atoms in total. The third kappa shape index (κ3) is 3.73. The number of carbonyl (C=O) groups is 1. The molecule has 0 bridgehead atoms. The van der Waals surface area contributed by atoms with Gasteiger partial charge in [-0.2, -0.15) is 0 Å². The van der Waals surface area contributed by atoms with E-state index in [0.717, 1.165) is 35.7 Å². The molecule has 4 heteroatoms. The lowest BCUT2D eigenvalue weighted by atomic mass is 9.75. The largest absolute Gasteiger partial charge is 0.361 e. The second-order valence-corrected chi connectivity index (χ2v) is 5.68. The highest BCUT2D eigenvalue weighted by molar-refractivity contribution is 6.03. The molecule has 0 saturated carbocycles. The summed E-state index contributed by atoms with van der Waals surface area (Å²) in [5.74, 6) is 0.151. The molecule has 1 heterocycles. The average Bonchev–Trinajstić information content (AvgIpc) is 2.92. The van der Waals surface area contributed by atoms with Crippen LogP contribution in [0.15, 0.2) is 30.5 Å². The Bertz CT molecular complexity index is 620. The van der Waals surface area contributed by atoms with Crippen LogP contribution >= 0.6 is 12.4 Å². The Balaban J connectivity index is 0.00000220. The summed E-state index contributed by atoms with van der Waals surface area (Å²) in [7, 11) is 0. The van der Waals surface area contributed by atoms with Crippen molar-refractivity contribution in [2.24, 2.45) is 5.41 Å². The Hall–Kier alpha value is -1.61. The van der Waals surface area contributed by atoms with E-state index >= 15 is 0 Å². The summed E-state index contributed by atoms with van der Waals surface area (Å²) in [5, 5.41) is 8.43. The Kier molecular flexibility index (Phi) is 6.16. The van der Waals surface area contributed by atoms with Gasteiger partial charge in [0.05, 0.1) is 0 Å². The quantitative estimate of drug-likeness (QED) is 0.548. The molecule has 2 aromatic rings. The molecule has 114 valence electrons. The van der Waals surface area contributed by atoms with Gasteiger partial charge in [0.15, 0.2) is 5.78 Å². The summed E-state index contributed by atoms with van der Waals surface area (Å²) in [6.07, 6.45) is 6.68. The maximum absolute atomic E-state index is 12.8. The summed E-state index contributed by atoms with van der Waals surface area (Å²) in [6, 6.07) is 7.76. The lowest BCUT2D eigenvalue weighted by Gasteiger charge is -2.26. The fourth-order valence-electron chi connectivity index (χ4n) is 2.64. The van der Waals surface area contributed by atoms with E-state index in [4.69, 9.17) is 5.41 Å². The molecule has 0 aliphatic rings. The molecular formula is C17H23ClN2O. The zero-order chi connectivity index (χ0) is 14.6. The molecule has 0 saturated heterocycles. The number of aromatic amines is 1. The minimum Gasteiger partial charge on any atom is -0.361 e. The van der Waals surface area contributed by atoms with Crippen molar-refractivity contribution >= 4 is 35.3 Å². The predicted octanol–water partition coefficient (Wildman–Crippen LogP) is 5.01. The zero-order valence-electron chi connectivity index (χ0n) is 12.6. The van der Waals surface area contributed by atoms with E-state index in [1.54, 1.807) is 0 Å². The number of rotatable bonds is 7. The van der Waals surface area contributed by atoms with Gasteiger partial charge in [0.1, 0.15) is 0 Å². The summed E-state index contributed by atoms with van der Waals surface area (Å²) in [6.45, 7) is 4.11. The first kappa shape index (κ1) is 17.4. The Morgan fingerprint density at radius 2 is 2.14 bits per heavy atom. The number of unbranched alkanes of at least 4 members (excludes halogenated alkanes) is 1. The molecule has 1 aromatic heterocycles. The zero-order valence-corrected chi connectivity index (χ0v) is 13.4. The number of halogens is 1. The predicted molar refractivity (Wildman–Crippen MR) is 90.9 cm³/mol. The van der Waals surface area contributed by atoms with Crippen molar-refractivity contribution in [3.05, 3.63) is 36.0 Å². The van der Waals surface area contributed by atoms with E-state index in [1.165, 1.54) is 6.21 Å². The number of hydrogen-bond acceptors (Lipinski definition) is 2. The van der Waals surface area contributed by atoms with Crippen LogP contribution in [0.3, 0.4) is 0 Å². The van der Waals surface area contributed by atoms with Crippen LogP contribution in [-0.2, 0) is 0 Å². The van der Waals surface area contributed by atoms with Crippen molar-refractivity contribution in [3.8, 4) is 0 Å². The molecule has 2 rings (SSSR count). The van der Waals surface area contributed by atoms with Crippen LogP contribution in [0.25, 0.3) is 10.9 Å². The summed E-state index contributed by atoms with van der Waals surface area (Å²) in [5.41, 5.74) is 1.34. The van der Waals surface area contributed by atoms with Crippen molar-refractivity contribution in [1.82, 2.24) is 4.98 Å². The van der Waals surface area contributed by atoms with Gasteiger partial charge < -0.3 is 10.4 Å². The molecule has 0 aliphatic heterocycles. The van der Waals surface area contributed by atoms with Gasteiger partial charge in [-0.1, -0.05) is 26.7 Å². The molecule has 1 unspecified atom stereocenters. The maximum Gasteiger partial charge on any atom is 0.169 e. The van der Waals surface area contributed by atoms with Crippen molar-refractivity contribution < 1.29 is 4.79 Å². The van der Waals surface area contributed by atoms with E-state index in [1.807, 2.05) is 37.4 Å². The number of hydrogen-bond donors (Lipinski definition) is 2. The number of Topliss-reactive ketones (excluding diaryl/α,β-unsaturated/α-hetero) is 1. The van der Waals surface area contributed by atoms with Gasteiger partial charge in [-0.25, -0.2) is 0 Å². The Morgan fingerprint density at radius 3 is 2.81 bits per heavy atom. The smallest absolute Gasteiger partial charge is 0.169 e. The van der Waals surface area contributed by atoms with Crippen LogP contribution in [0, 0.1) is 10.8 Å². The van der Waals surface area contributed by atoms with Crippen LogP contribution in [0.5, 0.6) is 0 Å². The van der Waals surface area contributed by atoms with Crippen LogP contribution < -0.4 is 0 Å². The molecule has 0 radical (unpaired) electrons. The minimum absolute atomic E-state index is 0. The molecule has 1 atom stereocenters. The van der Waals surface area contributed by atoms with E-state index < -0.39 is 5.41 Å². The van der Waals surface area contributed by atoms with Crippen molar-refractivity contribution in [2.45, 2.75) is 39.5 Å². The van der Waals surface area contributed by atoms with Gasteiger partial charge in [0, 0.05) is 28.1 Å². The lowest BCUT2D eigenvalue weighted by molar-refractivity contribution is 0.0809. The highest BCUT2D eigenvalue weighted by Crippen LogP contribution is 2.32. The first-order valence-corrected chi connectivity index (χ1v) is 7.21. The SMILES string of the molecule is CCCCC(C)(CC=N)C(=O)c1ccc2[nH]ccc2c1.Cl. The van der Waals surface area contributed by atoms with Gasteiger partial charge in [0.2, 0.25) is 0 Å². The van der Waals surface area contributed by atoms with Gasteiger partial charge in [0.25, 0.3) is 0 Å². The second kappa shape index (κ2) is 7.41. The summed E-state index contributed by atoms with van der Waals surface area (Å²) >= 11 is 0. The van der Waals surface area contributed by atoms with Crippen molar-refractivity contribution in [2.75, 3.05) is 0 Å². The Morgan fingerprint density at radius 1 is 1.38 bits per heavy atom. The number of nitrogens with one attached hydrogen (secondary N) is 2. The van der Waals surface area contributed by atoms with Crippen molar-refractivity contribution in [1.29, 1.82) is 5.41 Å². The molecule has 0 amide bonds. The van der Waals surface area contributed by atoms with Gasteiger partial charge in [-0.05, 0) is 43.3 Å². The topological polar surface area (TPSA) is 56.7 Å². The highest BCUT2D eigenvalue weighted by Gasteiger charge is 2.32. The molecule has 2 N–H and O–H groups in total. The summed E-state index contributed by atoms with van der Waals surface area (Å²) < 4.78 is 0. The molecule has 21 heavy (non-hydrogen) atoms. The Labute approximate surface area is 132 Å². The fraction of sp³-hybridized carbons (Fsp3) is 0.412. The van der Waals surface area contributed by atoms with Crippen LogP contribution in [0.4, 0.5) is 0 Å². The normalized spacial score (nSPS) is 13.4. The number of aromatic nitrogens is 1. The van der Waals surface area contributed by atoms with Gasteiger partial charge in [-0.15, -0.1) is 12.4 Å². The third-order valence-corrected chi connectivity index (χ3v) is 4.00. The van der Waals surface area contributed by atoms with Crippen LogP contribution in [-0.4, -0.2) is 17.0 Å². The molecule has 1 aromatic carbocycles. The number of carbonyl (C=O) groups excluding carboxylic acids is 1. The number of benzene rings is 1. The first-order valence-electron chi connectivity index (χ1n) is 7.21. The average molecular weight is 307 g/mol. The van der Waals surface area contributed by atoms with E-state index in [-0.39, 0.29) is 18.2 Å². The summed E-state index contributed by atoms with van der Waals surface area (Å²) in [4.78, 5) is 16.0. The van der Waals surface area contributed by atoms with E-state index in [9.17, 15) is 4.79 Å². The van der Waals surface area contributed by atoms with Crippen molar-refractivity contribution in [3.63, 3.8) is 0 Å². The lowest BCUT2D eigenvalue weighted by Crippen LogP contribution is -2.28. The third-order valence-electron chi connectivity index (χ3n) is 4.00. The number of ketones is 1. The fourth-order valence-corrected chi connectivity index (χ4v) is 2.64. The number of fused-ring (bicyclic) bond motifs is 1. The first-order chi connectivity index (χ1) is 9.60.